The van der Waals surface area contributed by atoms with Gasteiger partial charge in [0.05, 0.1) is 15.8 Å². The van der Waals surface area contributed by atoms with Gasteiger partial charge in [-0.1, -0.05) is 47.0 Å². The molecule has 0 aliphatic heterocycles. The van der Waals surface area contributed by atoms with E-state index in [1.165, 1.54) is 11.8 Å². The second kappa shape index (κ2) is 9.83. The van der Waals surface area contributed by atoms with Crippen LogP contribution in [0.1, 0.15) is 15.9 Å². The van der Waals surface area contributed by atoms with Crippen molar-refractivity contribution in [1.82, 2.24) is 0 Å². The van der Waals surface area contributed by atoms with E-state index in [1.807, 2.05) is 49.4 Å². The monoisotopic (exact) mass is 444 g/mol. The number of carbonyl (C=O) groups is 2. The summed E-state index contributed by atoms with van der Waals surface area (Å²) in [5.41, 5.74) is 2.88. The van der Waals surface area contributed by atoms with Crippen LogP contribution in [0.2, 0.25) is 10.0 Å². The molecular formula is C22H18Cl2N2O2S. The molecule has 2 N–H and O–H groups in total. The number of hydrogen-bond donors (Lipinski definition) is 2. The summed E-state index contributed by atoms with van der Waals surface area (Å²) in [4.78, 5) is 25.5. The maximum Gasteiger partial charge on any atom is 0.255 e. The summed E-state index contributed by atoms with van der Waals surface area (Å²) < 4.78 is 0. The number of aryl methyl sites for hydroxylation is 1. The highest BCUT2D eigenvalue weighted by Gasteiger charge is 2.09. The van der Waals surface area contributed by atoms with E-state index in [9.17, 15) is 9.59 Å². The van der Waals surface area contributed by atoms with E-state index < -0.39 is 0 Å². The molecule has 3 aromatic rings. The lowest BCUT2D eigenvalue weighted by molar-refractivity contribution is -0.113. The Morgan fingerprint density at radius 1 is 0.862 bits per heavy atom. The molecule has 0 atom stereocenters. The minimum Gasteiger partial charge on any atom is -0.325 e. The Kier molecular flexibility index (Phi) is 7.20. The SMILES string of the molecule is Cc1cccc(C(=O)Nc2cccc(SCC(=O)Nc3ccc(Cl)c(Cl)c3)c2)c1. The summed E-state index contributed by atoms with van der Waals surface area (Å²) in [6.45, 7) is 1.94. The molecule has 7 heteroatoms. The highest BCUT2D eigenvalue weighted by atomic mass is 35.5. The lowest BCUT2D eigenvalue weighted by Gasteiger charge is -2.09. The molecule has 0 bridgehead atoms. The number of carbonyl (C=O) groups excluding carboxylic acids is 2. The predicted molar refractivity (Wildman–Crippen MR) is 121 cm³/mol. The first kappa shape index (κ1) is 21.2. The van der Waals surface area contributed by atoms with Crippen LogP contribution in [-0.4, -0.2) is 17.6 Å². The molecule has 0 radical (unpaired) electrons. The molecule has 3 aromatic carbocycles. The van der Waals surface area contributed by atoms with Gasteiger partial charge in [0.2, 0.25) is 5.91 Å². The van der Waals surface area contributed by atoms with Gasteiger partial charge in [-0.05, 0) is 55.5 Å². The van der Waals surface area contributed by atoms with Crippen molar-refractivity contribution in [3.05, 3.63) is 87.9 Å². The number of anilines is 2. The Labute approximate surface area is 183 Å². The lowest BCUT2D eigenvalue weighted by atomic mass is 10.1. The first-order chi connectivity index (χ1) is 13.9. The van der Waals surface area contributed by atoms with Crippen molar-refractivity contribution in [3.63, 3.8) is 0 Å². The van der Waals surface area contributed by atoms with Crippen molar-refractivity contribution < 1.29 is 9.59 Å². The van der Waals surface area contributed by atoms with Crippen LogP contribution in [0, 0.1) is 6.92 Å². The molecule has 0 spiro atoms. The molecule has 0 saturated heterocycles. The maximum atomic E-state index is 12.4. The van der Waals surface area contributed by atoms with Crippen LogP contribution in [0.4, 0.5) is 11.4 Å². The Balaban J connectivity index is 1.57. The minimum atomic E-state index is -0.173. The van der Waals surface area contributed by atoms with Crippen molar-refractivity contribution in [2.24, 2.45) is 0 Å². The summed E-state index contributed by atoms with van der Waals surface area (Å²) in [5.74, 6) is -0.119. The number of thioether (sulfide) groups is 1. The number of nitrogens with one attached hydrogen (secondary N) is 2. The van der Waals surface area contributed by atoms with Gasteiger partial charge in [0.1, 0.15) is 0 Å². The van der Waals surface area contributed by atoms with Crippen LogP contribution in [-0.2, 0) is 4.79 Å². The Bertz CT molecular complexity index is 1060. The summed E-state index contributed by atoms with van der Waals surface area (Å²) in [6.07, 6.45) is 0. The molecule has 3 rings (SSSR count). The smallest absolute Gasteiger partial charge is 0.255 e. The molecule has 0 saturated carbocycles. The quantitative estimate of drug-likeness (QED) is 0.439. The zero-order valence-corrected chi connectivity index (χ0v) is 17.9. The summed E-state index contributed by atoms with van der Waals surface area (Å²) in [6, 6.07) is 19.7. The molecule has 0 fully saturated rings. The van der Waals surface area contributed by atoms with Crippen LogP contribution >= 0.6 is 35.0 Å². The van der Waals surface area contributed by atoms with Crippen molar-refractivity contribution in [3.8, 4) is 0 Å². The molecular weight excluding hydrogens is 427 g/mol. The molecule has 4 nitrogen and oxygen atoms in total. The third kappa shape index (κ3) is 6.26. The number of amides is 2. The Hall–Kier alpha value is -2.47. The average molecular weight is 445 g/mol. The number of halogens is 2. The molecule has 29 heavy (non-hydrogen) atoms. The van der Waals surface area contributed by atoms with Gasteiger partial charge < -0.3 is 10.6 Å². The molecule has 0 aromatic heterocycles. The van der Waals surface area contributed by atoms with E-state index in [2.05, 4.69) is 10.6 Å². The van der Waals surface area contributed by atoms with E-state index in [0.717, 1.165) is 10.5 Å². The van der Waals surface area contributed by atoms with E-state index in [1.54, 1.807) is 24.3 Å². The summed E-state index contributed by atoms with van der Waals surface area (Å²) >= 11 is 13.2. The zero-order valence-electron chi connectivity index (χ0n) is 15.5. The molecule has 2 amide bonds. The van der Waals surface area contributed by atoms with Crippen LogP contribution in [0.15, 0.2) is 71.6 Å². The predicted octanol–water partition coefficient (Wildman–Crippen LogP) is 6.28. The van der Waals surface area contributed by atoms with Gasteiger partial charge in [-0.15, -0.1) is 11.8 Å². The maximum absolute atomic E-state index is 12.4. The minimum absolute atomic E-state index is 0.164. The summed E-state index contributed by atoms with van der Waals surface area (Å²) in [7, 11) is 0. The van der Waals surface area contributed by atoms with Gasteiger partial charge in [0, 0.05) is 21.8 Å². The van der Waals surface area contributed by atoms with Crippen LogP contribution in [0.25, 0.3) is 0 Å². The van der Waals surface area contributed by atoms with Crippen LogP contribution in [0.3, 0.4) is 0 Å². The number of rotatable bonds is 6. The van der Waals surface area contributed by atoms with E-state index >= 15 is 0 Å². The Morgan fingerprint density at radius 3 is 2.38 bits per heavy atom. The fourth-order valence-corrected chi connectivity index (χ4v) is 3.63. The van der Waals surface area contributed by atoms with E-state index in [-0.39, 0.29) is 17.6 Å². The van der Waals surface area contributed by atoms with Crippen LogP contribution < -0.4 is 10.6 Å². The molecule has 0 unspecified atom stereocenters. The fraction of sp³-hybridized carbons (Fsp3) is 0.0909. The normalized spacial score (nSPS) is 10.4. The first-order valence-corrected chi connectivity index (χ1v) is 10.5. The topological polar surface area (TPSA) is 58.2 Å². The van der Waals surface area contributed by atoms with Gasteiger partial charge in [-0.25, -0.2) is 0 Å². The highest BCUT2D eigenvalue weighted by Crippen LogP contribution is 2.26. The van der Waals surface area contributed by atoms with Gasteiger partial charge in [-0.3, -0.25) is 9.59 Å². The van der Waals surface area contributed by atoms with Crippen molar-refractivity contribution in [1.29, 1.82) is 0 Å². The van der Waals surface area contributed by atoms with Crippen molar-refractivity contribution >= 4 is 58.2 Å². The van der Waals surface area contributed by atoms with Gasteiger partial charge in [0.15, 0.2) is 0 Å². The largest absolute Gasteiger partial charge is 0.325 e. The van der Waals surface area contributed by atoms with Crippen LogP contribution in [0.5, 0.6) is 0 Å². The zero-order chi connectivity index (χ0) is 20.8. The van der Waals surface area contributed by atoms with E-state index in [0.29, 0.717) is 27.0 Å². The Morgan fingerprint density at radius 2 is 1.62 bits per heavy atom. The second-order valence-corrected chi connectivity index (χ2v) is 8.18. The molecule has 148 valence electrons. The standard InChI is InChI=1S/C22H18Cl2N2O2S/c1-14-4-2-5-15(10-14)22(28)26-16-6-3-7-18(11-16)29-13-21(27)25-17-8-9-19(23)20(24)12-17/h2-12H,13H2,1H3,(H,25,27)(H,26,28). The third-order valence-electron chi connectivity index (χ3n) is 3.95. The number of benzene rings is 3. The fourth-order valence-electron chi connectivity index (χ4n) is 2.57. The van der Waals surface area contributed by atoms with E-state index in [4.69, 9.17) is 23.2 Å². The summed E-state index contributed by atoms with van der Waals surface area (Å²) in [5, 5.41) is 6.48. The molecule has 0 aliphatic rings. The van der Waals surface area contributed by atoms with Gasteiger partial charge in [0.25, 0.3) is 5.91 Å². The molecule has 0 heterocycles. The first-order valence-electron chi connectivity index (χ1n) is 8.76. The third-order valence-corrected chi connectivity index (χ3v) is 5.68. The van der Waals surface area contributed by atoms with Gasteiger partial charge in [-0.2, -0.15) is 0 Å². The van der Waals surface area contributed by atoms with Crippen molar-refractivity contribution in [2.75, 3.05) is 16.4 Å². The molecule has 0 aliphatic carbocycles. The number of hydrogen-bond acceptors (Lipinski definition) is 3. The van der Waals surface area contributed by atoms with Crippen molar-refractivity contribution in [2.45, 2.75) is 11.8 Å². The highest BCUT2D eigenvalue weighted by molar-refractivity contribution is 8.00. The average Bonchev–Trinajstić information content (AvgIpc) is 2.69. The lowest BCUT2D eigenvalue weighted by Crippen LogP contribution is -2.14. The van der Waals surface area contributed by atoms with Gasteiger partial charge >= 0.3 is 0 Å². The second-order valence-electron chi connectivity index (χ2n) is 6.32.